The van der Waals surface area contributed by atoms with E-state index in [4.69, 9.17) is 4.74 Å². The van der Waals surface area contributed by atoms with Crippen molar-refractivity contribution in [2.24, 2.45) is 0 Å². The Balaban J connectivity index is 1.92. The summed E-state index contributed by atoms with van der Waals surface area (Å²) in [6.07, 6.45) is 4.88. The SMILES string of the molecule is O=Cc1cc(F)cc(OCC(=O)N2CCCCCC2)c1. The minimum atomic E-state index is -0.549. The number of ether oxygens (including phenoxy) is 1. The fraction of sp³-hybridized carbons (Fsp3) is 0.467. The van der Waals surface area contributed by atoms with Gasteiger partial charge in [0.1, 0.15) is 17.9 Å². The zero-order valence-electron chi connectivity index (χ0n) is 11.3. The molecule has 0 aliphatic carbocycles. The second-order valence-electron chi connectivity index (χ2n) is 4.92. The summed E-state index contributed by atoms with van der Waals surface area (Å²) >= 11 is 0. The normalized spacial score (nSPS) is 15.6. The molecule has 1 aliphatic heterocycles. The van der Waals surface area contributed by atoms with Crippen LogP contribution in [-0.4, -0.2) is 36.8 Å². The summed E-state index contributed by atoms with van der Waals surface area (Å²) in [5.41, 5.74) is 0.197. The van der Waals surface area contributed by atoms with Crippen molar-refractivity contribution in [1.29, 1.82) is 0 Å². The fourth-order valence-corrected chi connectivity index (χ4v) is 2.29. The lowest BCUT2D eigenvalue weighted by Gasteiger charge is -2.20. The highest BCUT2D eigenvalue weighted by atomic mass is 19.1. The van der Waals surface area contributed by atoms with Crippen LogP contribution in [0.25, 0.3) is 0 Å². The largest absolute Gasteiger partial charge is 0.484 e. The number of nitrogens with zero attached hydrogens (tertiary/aromatic N) is 1. The highest BCUT2D eigenvalue weighted by Gasteiger charge is 2.16. The lowest BCUT2D eigenvalue weighted by Crippen LogP contribution is -2.35. The highest BCUT2D eigenvalue weighted by molar-refractivity contribution is 5.78. The van der Waals surface area contributed by atoms with Crippen molar-refractivity contribution in [3.05, 3.63) is 29.6 Å². The summed E-state index contributed by atoms with van der Waals surface area (Å²) in [6, 6.07) is 3.71. The quantitative estimate of drug-likeness (QED) is 0.795. The first-order valence-corrected chi connectivity index (χ1v) is 6.85. The standard InChI is InChI=1S/C15H18FNO3/c16-13-7-12(10-18)8-14(9-13)20-11-15(19)17-5-3-1-2-4-6-17/h7-10H,1-6,11H2. The second kappa shape index (κ2) is 7.03. The Hall–Kier alpha value is -1.91. The first-order chi connectivity index (χ1) is 9.69. The molecule has 1 heterocycles. The topological polar surface area (TPSA) is 46.6 Å². The van der Waals surface area contributed by atoms with Crippen molar-refractivity contribution in [3.63, 3.8) is 0 Å². The number of hydrogen-bond donors (Lipinski definition) is 0. The van der Waals surface area contributed by atoms with E-state index >= 15 is 0 Å². The third kappa shape index (κ3) is 4.05. The predicted octanol–water partition coefficient (Wildman–Crippen LogP) is 2.42. The summed E-state index contributed by atoms with van der Waals surface area (Å²) in [4.78, 5) is 24.4. The maximum Gasteiger partial charge on any atom is 0.260 e. The third-order valence-electron chi connectivity index (χ3n) is 3.35. The Morgan fingerprint density at radius 1 is 1.20 bits per heavy atom. The van der Waals surface area contributed by atoms with Gasteiger partial charge in [0, 0.05) is 24.7 Å². The summed E-state index contributed by atoms with van der Waals surface area (Å²) in [5.74, 6) is -0.439. The minimum absolute atomic E-state index is 0.0937. The van der Waals surface area contributed by atoms with Gasteiger partial charge in [-0.1, -0.05) is 12.8 Å². The van der Waals surface area contributed by atoms with Gasteiger partial charge < -0.3 is 9.64 Å². The summed E-state index contributed by atoms with van der Waals surface area (Å²) in [7, 11) is 0. The zero-order chi connectivity index (χ0) is 14.4. The van der Waals surface area contributed by atoms with E-state index in [-0.39, 0.29) is 23.8 Å². The van der Waals surface area contributed by atoms with Crippen molar-refractivity contribution in [2.75, 3.05) is 19.7 Å². The van der Waals surface area contributed by atoms with Crippen LogP contribution in [0.2, 0.25) is 0 Å². The summed E-state index contributed by atoms with van der Waals surface area (Å²) in [5, 5.41) is 0. The first kappa shape index (κ1) is 14.5. The van der Waals surface area contributed by atoms with E-state index in [1.165, 1.54) is 12.1 Å². The molecule has 2 rings (SSSR count). The summed E-state index contributed by atoms with van der Waals surface area (Å²) in [6.45, 7) is 1.39. The number of amides is 1. The predicted molar refractivity (Wildman–Crippen MR) is 72.3 cm³/mol. The minimum Gasteiger partial charge on any atom is -0.484 e. The monoisotopic (exact) mass is 279 g/mol. The molecule has 4 nitrogen and oxygen atoms in total. The first-order valence-electron chi connectivity index (χ1n) is 6.85. The zero-order valence-corrected chi connectivity index (χ0v) is 11.3. The van der Waals surface area contributed by atoms with Gasteiger partial charge in [-0.05, 0) is 25.0 Å². The second-order valence-corrected chi connectivity index (χ2v) is 4.92. The average molecular weight is 279 g/mol. The molecule has 1 fully saturated rings. The molecule has 0 radical (unpaired) electrons. The maximum absolute atomic E-state index is 13.2. The van der Waals surface area contributed by atoms with E-state index in [2.05, 4.69) is 0 Å². The summed E-state index contributed by atoms with van der Waals surface area (Å²) < 4.78 is 18.5. The molecule has 0 unspecified atom stereocenters. The smallest absolute Gasteiger partial charge is 0.260 e. The molecule has 1 aromatic carbocycles. The van der Waals surface area contributed by atoms with Gasteiger partial charge in [-0.25, -0.2) is 4.39 Å². The Labute approximate surface area is 117 Å². The van der Waals surface area contributed by atoms with Crippen molar-refractivity contribution < 1.29 is 18.7 Å². The van der Waals surface area contributed by atoms with E-state index in [9.17, 15) is 14.0 Å². The van der Waals surface area contributed by atoms with Crippen molar-refractivity contribution in [1.82, 2.24) is 4.90 Å². The molecule has 1 amide bonds. The number of hydrogen-bond acceptors (Lipinski definition) is 3. The Kier molecular flexibility index (Phi) is 5.09. The van der Waals surface area contributed by atoms with Gasteiger partial charge in [0.25, 0.3) is 5.91 Å². The van der Waals surface area contributed by atoms with Crippen LogP contribution < -0.4 is 4.74 Å². The van der Waals surface area contributed by atoms with Crippen LogP contribution in [0.5, 0.6) is 5.75 Å². The molecule has 0 spiro atoms. The molecule has 1 aromatic rings. The molecular formula is C15H18FNO3. The van der Waals surface area contributed by atoms with Crippen LogP contribution in [0.3, 0.4) is 0 Å². The molecule has 20 heavy (non-hydrogen) atoms. The molecule has 0 saturated carbocycles. The van der Waals surface area contributed by atoms with E-state index in [1.807, 2.05) is 0 Å². The molecule has 1 aliphatic rings. The van der Waals surface area contributed by atoms with E-state index < -0.39 is 5.82 Å². The number of likely N-dealkylation sites (tertiary alicyclic amines) is 1. The number of carbonyl (C=O) groups excluding carboxylic acids is 2. The van der Waals surface area contributed by atoms with Gasteiger partial charge in [-0.15, -0.1) is 0 Å². The Morgan fingerprint density at radius 3 is 2.55 bits per heavy atom. The molecular weight excluding hydrogens is 261 g/mol. The van der Waals surface area contributed by atoms with E-state index in [0.29, 0.717) is 6.29 Å². The van der Waals surface area contributed by atoms with Gasteiger partial charge >= 0.3 is 0 Å². The molecule has 0 N–H and O–H groups in total. The Bertz CT molecular complexity index is 482. The molecule has 108 valence electrons. The molecule has 5 heteroatoms. The van der Waals surface area contributed by atoms with Crippen molar-refractivity contribution in [2.45, 2.75) is 25.7 Å². The third-order valence-corrected chi connectivity index (χ3v) is 3.35. The fourth-order valence-electron chi connectivity index (χ4n) is 2.29. The van der Waals surface area contributed by atoms with Crippen LogP contribution in [0, 0.1) is 5.82 Å². The van der Waals surface area contributed by atoms with Crippen LogP contribution in [0.4, 0.5) is 4.39 Å². The van der Waals surface area contributed by atoms with Crippen LogP contribution in [0.15, 0.2) is 18.2 Å². The lowest BCUT2D eigenvalue weighted by atomic mass is 10.2. The van der Waals surface area contributed by atoms with E-state index in [0.717, 1.165) is 44.8 Å². The molecule has 1 saturated heterocycles. The number of halogens is 1. The number of aldehydes is 1. The van der Waals surface area contributed by atoms with Gasteiger partial charge in [0.2, 0.25) is 0 Å². The molecule has 0 aromatic heterocycles. The molecule has 0 bridgehead atoms. The highest BCUT2D eigenvalue weighted by Crippen LogP contribution is 2.16. The van der Waals surface area contributed by atoms with Gasteiger partial charge in [0.15, 0.2) is 6.61 Å². The van der Waals surface area contributed by atoms with Crippen molar-refractivity contribution in [3.8, 4) is 5.75 Å². The number of carbonyl (C=O) groups is 2. The number of rotatable bonds is 4. The van der Waals surface area contributed by atoms with Gasteiger partial charge in [-0.3, -0.25) is 9.59 Å². The molecule has 0 atom stereocenters. The average Bonchev–Trinajstić information content (AvgIpc) is 2.73. The van der Waals surface area contributed by atoms with E-state index in [1.54, 1.807) is 4.90 Å². The van der Waals surface area contributed by atoms with Crippen LogP contribution >= 0.6 is 0 Å². The lowest BCUT2D eigenvalue weighted by molar-refractivity contribution is -0.133. The van der Waals surface area contributed by atoms with Crippen LogP contribution in [-0.2, 0) is 4.79 Å². The number of benzene rings is 1. The maximum atomic E-state index is 13.2. The van der Waals surface area contributed by atoms with Gasteiger partial charge in [-0.2, -0.15) is 0 Å². The van der Waals surface area contributed by atoms with Crippen LogP contribution in [0.1, 0.15) is 36.0 Å². The van der Waals surface area contributed by atoms with Gasteiger partial charge in [0.05, 0.1) is 0 Å². The van der Waals surface area contributed by atoms with Crippen molar-refractivity contribution >= 4 is 12.2 Å². The Morgan fingerprint density at radius 2 is 1.90 bits per heavy atom.